The molecule has 0 aliphatic rings. The van der Waals surface area contributed by atoms with Crippen LogP contribution in [0.1, 0.15) is 29.7 Å². The minimum atomic E-state index is 0.294. The minimum absolute atomic E-state index is 0.294. The van der Waals surface area contributed by atoms with E-state index in [1.165, 1.54) is 16.7 Å². The van der Waals surface area contributed by atoms with Crippen molar-refractivity contribution < 1.29 is 4.74 Å². The molecule has 0 spiro atoms. The van der Waals surface area contributed by atoms with Gasteiger partial charge in [0.15, 0.2) is 0 Å². The van der Waals surface area contributed by atoms with Crippen molar-refractivity contribution in [1.82, 2.24) is 5.32 Å². The number of hydrogen-bond donors (Lipinski definition) is 1. The van der Waals surface area contributed by atoms with Crippen molar-refractivity contribution in [3.8, 4) is 5.75 Å². The standard InChI is InChI=1S/C18H23NO/c1-14-9-10-17(15(2)19-3)18(13-14)20-12-11-16-7-5-4-6-8-16/h4-10,13,15,19H,11-12H2,1-3H3. The highest BCUT2D eigenvalue weighted by atomic mass is 16.5. The van der Waals surface area contributed by atoms with E-state index in [2.05, 4.69) is 61.6 Å². The van der Waals surface area contributed by atoms with Crippen LogP contribution in [0.3, 0.4) is 0 Å². The molecule has 0 saturated carbocycles. The highest BCUT2D eigenvalue weighted by Crippen LogP contribution is 2.26. The topological polar surface area (TPSA) is 21.3 Å². The fourth-order valence-electron chi connectivity index (χ4n) is 2.20. The summed E-state index contributed by atoms with van der Waals surface area (Å²) in [5.74, 6) is 0.989. The van der Waals surface area contributed by atoms with E-state index in [1.54, 1.807) is 0 Å². The average Bonchev–Trinajstić information content (AvgIpc) is 2.48. The minimum Gasteiger partial charge on any atom is -0.493 e. The van der Waals surface area contributed by atoms with Gasteiger partial charge in [-0.2, -0.15) is 0 Å². The molecule has 1 unspecified atom stereocenters. The Bertz CT molecular complexity index is 536. The number of hydrogen-bond acceptors (Lipinski definition) is 2. The maximum atomic E-state index is 6.00. The summed E-state index contributed by atoms with van der Waals surface area (Å²) in [6.07, 6.45) is 0.933. The first-order valence-electron chi connectivity index (χ1n) is 7.15. The normalized spacial score (nSPS) is 12.2. The van der Waals surface area contributed by atoms with Crippen molar-refractivity contribution in [2.45, 2.75) is 26.3 Å². The monoisotopic (exact) mass is 269 g/mol. The Morgan fingerprint density at radius 2 is 1.85 bits per heavy atom. The van der Waals surface area contributed by atoms with Crippen molar-refractivity contribution in [3.05, 3.63) is 65.2 Å². The van der Waals surface area contributed by atoms with E-state index in [4.69, 9.17) is 4.74 Å². The number of ether oxygens (including phenoxy) is 1. The zero-order chi connectivity index (χ0) is 14.4. The van der Waals surface area contributed by atoms with E-state index in [-0.39, 0.29) is 0 Å². The van der Waals surface area contributed by atoms with E-state index in [9.17, 15) is 0 Å². The molecule has 2 heteroatoms. The Balaban J connectivity index is 2.03. The van der Waals surface area contributed by atoms with Gasteiger partial charge >= 0.3 is 0 Å². The van der Waals surface area contributed by atoms with E-state index in [0.29, 0.717) is 12.6 Å². The second-order valence-electron chi connectivity index (χ2n) is 5.14. The molecule has 2 aromatic rings. The third-order valence-electron chi connectivity index (χ3n) is 3.56. The van der Waals surface area contributed by atoms with Gasteiger partial charge in [-0.15, -0.1) is 0 Å². The van der Waals surface area contributed by atoms with Gasteiger partial charge in [0.05, 0.1) is 6.61 Å². The highest BCUT2D eigenvalue weighted by Gasteiger charge is 2.10. The Morgan fingerprint density at radius 3 is 2.55 bits per heavy atom. The van der Waals surface area contributed by atoms with Crippen LogP contribution in [0, 0.1) is 6.92 Å². The van der Waals surface area contributed by atoms with Crippen LogP contribution in [0.15, 0.2) is 48.5 Å². The van der Waals surface area contributed by atoms with Gasteiger partial charge in [0, 0.05) is 18.0 Å². The van der Waals surface area contributed by atoms with Crippen LogP contribution in [0.2, 0.25) is 0 Å². The van der Waals surface area contributed by atoms with E-state index in [0.717, 1.165) is 12.2 Å². The lowest BCUT2D eigenvalue weighted by Crippen LogP contribution is -2.14. The molecular formula is C18H23NO. The SMILES string of the molecule is CNC(C)c1ccc(C)cc1OCCc1ccccc1. The molecule has 0 saturated heterocycles. The Hall–Kier alpha value is -1.80. The summed E-state index contributed by atoms with van der Waals surface area (Å²) >= 11 is 0. The summed E-state index contributed by atoms with van der Waals surface area (Å²) in [4.78, 5) is 0. The summed E-state index contributed by atoms with van der Waals surface area (Å²) < 4.78 is 6.00. The molecule has 2 aromatic carbocycles. The third-order valence-corrected chi connectivity index (χ3v) is 3.56. The van der Waals surface area contributed by atoms with Crippen LogP contribution in [-0.2, 0) is 6.42 Å². The summed E-state index contributed by atoms with van der Waals surface area (Å²) in [6.45, 7) is 4.95. The first-order valence-corrected chi connectivity index (χ1v) is 7.15. The number of rotatable bonds is 6. The van der Waals surface area contributed by atoms with Gasteiger partial charge < -0.3 is 10.1 Å². The first kappa shape index (κ1) is 14.6. The molecule has 0 heterocycles. The molecule has 106 valence electrons. The summed E-state index contributed by atoms with van der Waals surface area (Å²) in [5.41, 5.74) is 3.75. The molecule has 2 rings (SSSR count). The molecular weight excluding hydrogens is 246 g/mol. The molecule has 1 atom stereocenters. The van der Waals surface area contributed by atoms with Gasteiger partial charge in [0.25, 0.3) is 0 Å². The van der Waals surface area contributed by atoms with Gasteiger partial charge in [-0.1, -0.05) is 42.5 Å². The van der Waals surface area contributed by atoms with E-state index in [1.807, 2.05) is 13.1 Å². The van der Waals surface area contributed by atoms with Gasteiger partial charge in [0.2, 0.25) is 0 Å². The molecule has 0 fully saturated rings. The highest BCUT2D eigenvalue weighted by molar-refractivity contribution is 5.39. The number of aryl methyl sites for hydroxylation is 1. The number of benzene rings is 2. The van der Waals surface area contributed by atoms with Crippen LogP contribution in [0.5, 0.6) is 5.75 Å². The van der Waals surface area contributed by atoms with Crippen molar-refractivity contribution in [3.63, 3.8) is 0 Å². The fourth-order valence-corrected chi connectivity index (χ4v) is 2.20. The summed E-state index contributed by atoms with van der Waals surface area (Å²) in [5, 5.41) is 3.27. The third kappa shape index (κ3) is 3.84. The molecule has 1 N–H and O–H groups in total. The van der Waals surface area contributed by atoms with E-state index < -0.39 is 0 Å². The Morgan fingerprint density at radius 1 is 1.10 bits per heavy atom. The van der Waals surface area contributed by atoms with Crippen LogP contribution in [-0.4, -0.2) is 13.7 Å². The van der Waals surface area contributed by atoms with Crippen molar-refractivity contribution in [2.75, 3.05) is 13.7 Å². The lowest BCUT2D eigenvalue weighted by Gasteiger charge is -2.17. The quantitative estimate of drug-likeness (QED) is 0.859. The van der Waals surface area contributed by atoms with Crippen LogP contribution in [0.4, 0.5) is 0 Å². The largest absolute Gasteiger partial charge is 0.493 e. The van der Waals surface area contributed by atoms with Gasteiger partial charge in [0.1, 0.15) is 5.75 Å². The van der Waals surface area contributed by atoms with Gasteiger partial charge in [-0.05, 0) is 38.1 Å². The predicted octanol–water partition coefficient (Wildman–Crippen LogP) is 3.90. The van der Waals surface area contributed by atoms with E-state index >= 15 is 0 Å². The van der Waals surface area contributed by atoms with Crippen molar-refractivity contribution in [2.24, 2.45) is 0 Å². The Kier molecular flexibility index (Phi) is 5.19. The summed E-state index contributed by atoms with van der Waals surface area (Å²) in [6, 6.07) is 17.1. The zero-order valence-corrected chi connectivity index (χ0v) is 12.5. The lowest BCUT2D eigenvalue weighted by atomic mass is 10.1. The molecule has 0 amide bonds. The maximum absolute atomic E-state index is 6.00. The number of nitrogens with one attached hydrogen (secondary N) is 1. The molecule has 0 bridgehead atoms. The lowest BCUT2D eigenvalue weighted by molar-refractivity contribution is 0.315. The van der Waals surface area contributed by atoms with Gasteiger partial charge in [-0.3, -0.25) is 0 Å². The zero-order valence-electron chi connectivity index (χ0n) is 12.5. The average molecular weight is 269 g/mol. The smallest absolute Gasteiger partial charge is 0.124 e. The molecule has 2 nitrogen and oxygen atoms in total. The molecule has 0 aliphatic carbocycles. The molecule has 20 heavy (non-hydrogen) atoms. The predicted molar refractivity (Wildman–Crippen MR) is 84.3 cm³/mol. The summed E-state index contributed by atoms with van der Waals surface area (Å²) in [7, 11) is 1.97. The Labute approximate surface area is 121 Å². The van der Waals surface area contributed by atoms with Crippen LogP contribution >= 0.6 is 0 Å². The fraction of sp³-hybridized carbons (Fsp3) is 0.333. The second-order valence-corrected chi connectivity index (χ2v) is 5.14. The van der Waals surface area contributed by atoms with Crippen molar-refractivity contribution in [1.29, 1.82) is 0 Å². The second kappa shape index (κ2) is 7.11. The van der Waals surface area contributed by atoms with Crippen molar-refractivity contribution >= 4 is 0 Å². The van der Waals surface area contributed by atoms with Crippen LogP contribution in [0.25, 0.3) is 0 Å². The molecule has 0 aromatic heterocycles. The molecule has 0 aliphatic heterocycles. The molecule has 0 radical (unpaired) electrons. The maximum Gasteiger partial charge on any atom is 0.124 e. The van der Waals surface area contributed by atoms with Gasteiger partial charge in [-0.25, -0.2) is 0 Å². The first-order chi connectivity index (χ1) is 9.70. The van der Waals surface area contributed by atoms with Crippen LogP contribution < -0.4 is 10.1 Å².